The van der Waals surface area contributed by atoms with Gasteiger partial charge in [0.15, 0.2) is 5.50 Å². The Labute approximate surface area is 186 Å². The van der Waals surface area contributed by atoms with Gasteiger partial charge in [0.25, 0.3) is 0 Å². The number of benzene rings is 3. The minimum absolute atomic E-state index is 0. The van der Waals surface area contributed by atoms with Gasteiger partial charge in [-0.1, -0.05) is 90.6 Å². The number of ether oxygens (including phenoxy) is 1. The number of anilines is 1. The number of thioether (sulfide) groups is 1. The summed E-state index contributed by atoms with van der Waals surface area (Å²) in [5, 5.41) is 7.29. The van der Waals surface area contributed by atoms with Gasteiger partial charge in [0, 0.05) is 11.1 Å². The summed E-state index contributed by atoms with van der Waals surface area (Å²) in [5.74, 6) is 0.707. The van der Waals surface area contributed by atoms with E-state index in [4.69, 9.17) is 9.57 Å². The molecule has 0 spiro atoms. The summed E-state index contributed by atoms with van der Waals surface area (Å²) in [7, 11) is 0. The Morgan fingerprint density at radius 3 is 1.93 bits per heavy atom. The molecule has 6 heteroatoms. The van der Waals surface area contributed by atoms with Gasteiger partial charge < -0.3 is 10.1 Å². The third-order valence-electron chi connectivity index (χ3n) is 4.23. The van der Waals surface area contributed by atoms with Crippen LogP contribution in [0.5, 0.6) is 0 Å². The Morgan fingerprint density at radius 1 is 0.759 bits per heavy atom. The molecular formula is C23H23BrN2O2S. The molecule has 1 N–H and O–H groups in total. The number of nitrogens with zero attached hydrogens (tertiary/aromatic N) is 1. The molecule has 1 aliphatic heterocycles. The lowest BCUT2D eigenvalue weighted by Crippen LogP contribution is -2.35. The van der Waals surface area contributed by atoms with Gasteiger partial charge in [-0.3, -0.25) is 4.84 Å². The molecule has 1 aliphatic rings. The fraction of sp³-hybridized carbons (Fsp3) is 0.130. The molecule has 4 nitrogen and oxygen atoms in total. The van der Waals surface area contributed by atoms with Crippen molar-refractivity contribution in [3.63, 3.8) is 0 Å². The molecule has 3 aromatic rings. The number of para-hydroxylation sites is 1. The van der Waals surface area contributed by atoms with Gasteiger partial charge in [0.1, 0.15) is 13.2 Å². The first kappa shape index (κ1) is 21.3. The van der Waals surface area contributed by atoms with Crippen LogP contribution in [0.3, 0.4) is 0 Å². The van der Waals surface area contributed by atoms with E-state index in [-0.39, 0.29) is 22.5 Å². The SMILES string of the molecule is Br.C1=C(OCc2ccccc2)N(OCc2ccccc2)C(Nc2ccccc2)S1. The fourth-order valence-corrected chi connectivity index (χ4v) is 3.69. The lowest BCUT2D eigenvalue weighted by atomic mass is 10.2. The van der Waals surface area contributed by atoms with Crippen LogP contribution in [0.15, 0.2) is 102 Å². The second-order valence-corrected chi connectivity index (χ2v) is 7.27. The number of rotatable bonds is 8. The molecule has 1 atom stereocenters. The zero-order chi connectivity index (χ0) is 19.0. The first-order valence-electron chi connectivity index (χ1n) is 9.18. The molecule has 0 aromatic heterocycles. The summed E-state index contributed by atoms with van der Waals surface area (Å²) in [4.78, 5) is 6.13. The normalized spacial score (nSPS) is 15.4. The zero-order valence-corrected chi connectivity index (χ0v) is 18.3. The minimum Gasteiger partial charge on any atom is -0.472 e. The van der Waals surface area contributed by atoms with Crippen molar-refractivity contribution in [1.82, 2.24) is 5.06 Å². The average molecular weight is 471 g/mol. The first-order valence-corrected chi connectivity index (χ1v) is 10.1. The largest absolute Gasteiger partial charge is 0.472 e. The van der Waals surface area contributed by atoms with Gasteiger partial charge >= 0.3 is 0 Å². The lowest BCUT2D eigenvalue weighted by molar-refractivity contribution is -0.177. The van der Waals surface area contributed by atoms with Crippen molar-refractivity contribution in [2.24, 2.45) is 0 Å². The smallest absolute Gasteiger partial charge is 0.223 e. The van der Waals surface area contributed by atoms with Crippen molar-refractivity contribution in [2.45, 2.75) is 18.7 Å². The molecule has 1 unspecified atom stereocenters. The highest BCUT2D eigenvalue weighted by Gasteiger charge is 2.29. The van der Waals surface area contributed by atoms with Crippen LogP contribution < -0.4 is 5.32 Å². The van der Waals surface area contributed by atoms with Crippen LogP contribution in [0.25, 0.3) is 0 Å². The van der Waals surface area contributed by atoms with E-state index in [1.165, 1.54) is 0 Å². The second-order valence-electron chi connectivity index (χ2n) is 6.31. The van der Waals surface area contributed by atoms with E-state index < -0.39 is 0 Å². The van der Waals surface area contributed by atoms with E-state index in [1.54, 1.807) is 11.8 Å². The van der Waals surface area contributed by atoms with Crippen molar-refractivity contribution in [2.75, 3.05) is 5.32 Å². The Kier molecular flexibility index (Phi) is 8.04. The van der Waals surface area contributed by atoms with E-state index in [9.17, 15) is 0 Å². The Morgan fingerprint density at radius 2 is 1.31 bits per heavy atom. The highest BCUT2D eigenvalue weighted by molar-refractivity contribution is 8.93. The number of hydroxylamine groups is 2. The summed E-state index contributed by atoms with van der Waals surface area (Å²) in [6.07, 6.45) is 0. The summed E-state index contributed by atoms with van der Waals surface area (Å²) in [6.45, 7) is 0.969. The highest BCUT2D eigenvalue weighted by Crippen LogP contribution is 2.33. The Bertz CT molecular complexity index is 895. The molecule has 0 bridgehead atoms. The average Bonchev–Trinajstić information content (AvgIpc) is 3.14. The third kappa shape index (κ3) is 6.03. The molecule has 0 fully saturated rings. The summed E-state index contributed by atoms with van der Waals surface area (Å²) >= 11 is 1.63. The van der Waals surface area contributed by atoms with E-state index in [1.807, 2.05) is 77.2 Å². The minimum atomic E-state index is -0.100. The monoisotopic (exact) mass is 470 g/mol. The van der Waals surface area contributed by atoms with Crippen molar-refractivity contribution in [1.29, 1.82) is 0 Å². The molecule has 0 radical (unpaired) electrons. The van der Waals surface area contributed by atoms with Crippen molar-refractivity contribution < 1.29 is 9.57 Å². The fourth-order valence-electron chi connectivity index (χ4n) is 2.79. The molecule has 0 saturated carbocycles. The summed E-state index contributed by atoms with van der Waals surface area (Å²) in [5.41, 5.74) is 3.17. The number of hydrogen-bond donors (Lipinski definition) is 1. The maximum atomic E-state index is 6.13. The second kappa shape index (κ2) is 11.0. The maximum absolute atomic E-state index is 6.13. The van der Waals surface area contributed by atoms with Crippen molar-refractivity contribution >= 4 is 34.4 Å². The molecule has 0 amide bonds. The number of halogens is 1. The molecule has 150 valence electrons. The quantitative estimate of drug-likeness (QED) is 0.426. The molecule has 3 aromatic carbocycles. The molecule has 29 heavy (non-hydrogen) atoms. The Balaban J connectivity index is 0.00000240. The van der Waals surface area contributed by atoms with E-state index in [0.717, 1.165) is 16.8 Å². The molecule has 1 heterocycles. The van der Waals surface area contributed by atoms with Gasteiger partial charge in [-0.15, -0.1) is 17.0 Å². The van der Waals surface area contributed by atoms with Gasteiger partial charge in [0.2, 0.25) is 5.88 Å². The van der Waals surface area contributed by atoms with Gasteiger partial charge in [-0.05, 0) is 23.3 Å². The van der Waals surface area contributed by atoms with Gasteiger partial charge in [0.05, 0.1) is 0 Å². The lowest BCUT2D eigenvalue weighted by Gasteiger charge is -2.28. The first-order chi connectivity index (χ1) is 13.9. The van der Waals surface area contributed by atoms with E-state index >= 15 is 0 Å². The predicted molar refractivity (Wildman–Crippen MR) is 124 cm³/mol. The van der Waals surface area contributed by atoms with Crippen LogP contribution in [-0.4, -0.2) is 10.6 Å². The predicted octanol–water partition coefficient (Wildman–Crippen LogP) is 6.16. The van der Waals surface area contributed by atoms with Crippen LogP contribution in [-0.2, 0) is 22.8 Å². The van der Waals surface area contributed by atoms with Crippen LogP contribution in [0.2, 0.25) is 0 Å². The van der Waals surface area contributed by atoms with Crippen LogP contribution in [0.1, 0.15) is 11.1 Å². The van der Waals surface area contributed by atoms with Crippen LogP contribution in [0, 0.1) is 0 Å². The summed E-state index contributed by atoms with van der Waals surface area (Å²) in [6, 6.07) is 30.4. The Hall–Kier alpha value is -2.41. The highest BCUT2D eigenvalue weighted by atomic mass is 79.9. The van der Waals surface area contributed by atoms with Crippen molar-refractivity contribution in [3.05, 3.63) is 113 Å². The molecule has 0 aliphatic carbocycles. The number of hydrogen-bond acceptors (Lipinski definition) is 5. The standard InChI is InChI=1S/C23H22N2O2S.BrH/c1-4-10-19(11-5-1)16-26-22-18-28-23(24-21-14-8-3-9-15-21)25(22)27-17-20-12-6-2-7-13-20;/h1-15,18,23-24H,16-17H2;1H. The summed E-state index contributed by atoms with van der Waals surface area (Å²) < 4.78 is 6.06. The van der Waals surface area contributed by atoms with E-state index in [0.29, 0.717) is 19.1 Å². The maximum Gasteiger partial charge on any atom is 0.223 e. The van der Waals surface area contributed by atoms with E-state index in [2.05, 4.69) is 29.6 Å². The number of nitrogens with one attached hydrogen (secondary N) is 1. The molecule has 4 rings (SSSR count). The zero-order valence-electron chi connectivity index (χ0n) is 15.8. The molecule has 0 saturated heterocycles. The van der Waals surface area contributed by atoms with Gasteiger partial charge in [-0.25, -0.2) is 0 Å². The van der Waals surface area contributed by atoms with Crippen LogP contribution >= 0.6 is 28.7 Å². The van der Waals surface area contributed by atoms with Gasteiger partial charge in [-0.2, -0.15) is 5.06 Å². The third-order valence-corrected chi connectivity index (χ3v) is 5.14. The van der Waals surface area contributed by atoms with Crippen molar-refractivity contribution in [3.8, 4) is 0 Å². The topological polar surface area (TPSA) is 33.7 Å². The van der Waals surface area contributed by atoms with Crippen LogP contribution in [0.4, 0.5) is 5.69 Å². The molecular weight excluding hydrogens is 448 g/mol.